The minimum Gasteiger partial charge on any atom is -0.454 e. The number of hydrogen-bond donors (Lipinski definition) is 3. The van der Waals surface area contributed by atoms with Crippen LogP contribution in [0.4, 0.5) is 19.0 Å². The van der Waals surface area contributed by atoms with Crippen LogP contribution in [0.1, 0.15) is 17.5 Å². The highest BCUT2D eigenvalue weighted by Crippen LogP contribution is 2.32. The monoisotopic (exact) mass is 537 g/mol. The van der Waals surface area contributed by atoms with E-state index in [1.165, 1.54) is 6.07 Å². The molecule has 0 unspecified atom stereocenters. The summed E-state index contributed by atoms with van der Waals surface area (Å²) in [5.74, 6) is 2.53. The lowest BCUT2D eigenvalue weighted by Gasteiger charge is -2.13. The lowest BCUT2D eigenvalue weighted by Crippen LogP contribution is -2.37. The van der Waals surface area contributed by atoms with E-state index < -0.39 is 11.7 Å². The first-order chi connectivity index (χ1) is 14.0. The maximum Gasteiger partial charge on any atom is 0.417 e. The zero-order valence-electron chi connectivity index (χ0n) is 16.3. The van der Waals surface area contributed by atoms with Gasteiger partial charge in [-0.25, -0.2) is 4.98 Å². The Morgan fingerprint density at radius 1 is 1.10 bits per heavy atom. The molecule has 0 bridgehead atoms. The third-order valence-electron chi connectivity index (χ3n) is 4.16. The van der Waals surface area contributed by atoms with Gasteiger partial charge in [0.2, 0.25) is 6.79 Å². The number of guanidine groups is 1. The first-order valence-corrected chi connectivity index (χ1v) is 9.06. The standard InChI is InChI=1S/C19H22F3N5O2.HI/c1-23-18(27-10-13-3-5-15-16(9-13)29-12-28-15)25-8-2-7-24-17-6-4-14(11-26-17)19(20,21)22;/h3-6,9,11H,2,7-8,10,12H2,1H3,(H,24,26)(H2,23,25,27);1H. The Labute approximate surface area is 189 Å². The van der Waals surface area contributed by atoms with Crippen LogP contribution >= 0.6 is 24.0 Å². The number of aliphatic imine (C=N–C) groups is 1. The first-order valence-electron chi connectivity index (χ1n) is 9.06. The number of nitrogens with zero attached hydrogens (tertiary/aromatic N) is 2. The highest BCUT2D eigenvalue weighted by atomic mass is 127. The minimum absolute atomic E-state index is 0. The molecule has 2 heterocycles. The number of fused-ring (bicyclic) bond motifs is 1. The van der Waals surface area contributed by atoms with Crippen molar-refractivity contribution < 1.29 is 22.6 Å². The van der Waals surface area contributed by atoms with Crippen molar-refractivity contribution in [3.8, 4) is 11.5 Å². The molecule has 1 aliphatic rings. The van der Waals surface area contributed by atoms with Crippen molar-refractivity contribution in [2.24, 2.45) is 4.99 Å². The van der Waals surface area contributed by atoms with Crippen molar-refractivity contribution >= 4 is 35.8 Å². The Bertz CT molecular complexity index is 847. The maximum atomic E-state index is 12.5. The second-order valence-electron chi connectivity index (χ2n) is 6.25. The second kappa shape index (κ2) is 11.1. The summed E-state index contributed by atoms with van der Waals surface area (Å²) in [4.78, 5) is 7.94. The van der Waals surface area contributed by atoms with Crippen LogP contribution in [-0.2, 0) is 12.7 Å². The number of aromatic nitrogens is 1. The van der Waals surface area contributed by atoms with E-state index >= 15 is 0 Å². The molecule has 1 aromatic carbocycles. The van der Waals surface area contributed by atoms with E-state index in [0.29, 0.717) is 31.4 Å². The first kappa shape index (κ1) is 23.8. The van der Waals surface area contributed by atoms with Crippen molar-refractivity contribution in [3.63, 3.8) is 0 Å². The highest BCUT2D eigenvalue weighted by molar-refractivity contribution is 14.0. The fourth-order valence-electron chi connectivity index (χ4n) is 2.64. The predicted molar refractivity (Wildman–Crippen MR) is 119 cm³/mol. The molecule has 30 heavy (non-hydrogen) atoms. The molecule has 0 atom stereocenters. The third kappa shape index (κ3) is 6.82. The number of pyridine rings is 1. The van der Waals surface area contributed by atoms with E-state index in [4.69, 9.17) is 9.47 Å². The topological polar surface area (TPSA) is 79.8 Å². The van der Waals surface area contributed by atoms with E-state index in [-0.39, 0.29) is 30.8 Å². The van der Waals surface area contributed by atoms with Crippen LogP contribution in [0.3, 0.4) is 0 Å². The number of hydrogen-bond acceptors (Lipinski definition) is 5. The smallest absolute Gasteiger partial charge is 0.417 e. The summed E-state index contributed by atoms with van der Waals surface area (Å²) in [5, 5.41) is 9.38. The number of nitrogens with one attached hydrogen (secondary N) is 3. The summed E-state index contributed by atoms with van der Waals surface area (Å²) in [6.07, 6.45) is -2.82. The van der Waals surface area contributed by atoms with E-state index in [0.717, 1.165) is 35.7 Å². The van der Waals surface area contributed by atoms with Gasteiger partial charge in [-0.3, -0.25) is 4.99 Å². The molecule has 0 saturated carbocycles. The molecule has 3 N–H and O–H groups in total. The van der Waals surface area contributed by atoms with Gasteiger partial charge in [0.1, 0.15) is 5.82 Å². The zero-order chi connectivity index (χ0) is 20.7. The minimum atomic E-state index is -4.38. The Balaban J connectivity index is 0.00000320. The van der Waals surface area contributed by atoms with Gasteiger partial charge in [-0.1, -0.05) is 6.07 Å². The third-order valence-corrected chi connectivity index (χ3v) is 4.16. The van der Waals surface area contributed by atoms with Crippen molar-refractivity contribution in [3.05, 3.63) is 47.7 Å². The molecule has 0 aliphatic carbocycles. The quantitative estimate of drug-likeness (QED) is 0.217. The van der Waals surface area contributed by atoms with Gasteiger partial charge in [-0.05, 0) is 36.2 Å². The van der Waals surface area contributed by atoms with Crippen LogP contribution < -0.4 is 25.4 Å². The molecule has 0 spiro atoms. The van der Waals surface area contributed by atoms with Gasteiger partial charge in [0.25, 0.3) is 0 Å². The zero-order valence-corrected chi connectivity index (χ0v) is 18.6. The Morgan fingerprint density at radius 2 is 1.90 bits per heavy atom. The van der Waals surface area contributed by atoms with Gasteiger partial charge in [0.15, 0.2) is 17.5 Å². The molecular formula is C19H23F3IN5O2. The maximum absolute atomic E-state index is 12.5. The molecule has 164 valence electrons. The lowest BCUT2D eigenvalue weighted by molar-refractivity contribution is -0.137. The van der Waals surface area contributed by atoms with Gasteiger partial charge in [0.05, 0.1) is 5.56 Å². The second-order valence-corrected chi connectivity index (χ2v) is 6.25. The summed E-state index contributed by atoms with van der Waals surface area (Å²) in [5.41, 5.74) is 0.272. The van der Waals surface area contributed by atoms with Crippen molar-refractivity contribution in [1.29, 1.82) is 0 Å². The van der Waals surface area contributed by atoms with Crippen LogP contribution in [0.25, 0.3) is 0 Å². The van der Waals surface area contributed by atoms with E-state index in [9.17, 15) is 13.2 Å². The molecule has 1 aliphatic heterocycles. The lowest BCUT2D eigenvalue weighted by atomic mass is 10.2. The van der Waals surface area contributed by atoms with Gasteiger partial charge < -0.3 is 25.4 Å². The van der Waals surface area contributed by atoms with Gasteiger partial charge >= 0.3 is 6.18 Å². The Morgan fingerprint density at radius 3 is 2.60 bits per heavy atom. The fourth-order valence-corrected chi connectivity index (χ4v) is 2.64. The number of benzene rings is 1. The molecule has 0 saturated heterocycles. The molecule has 3 rings (SSSR count). The van der Waals surface area contributed by atoms with E-state index in [1.54, 1.807) is 7.05 Å². The summed E-state index contributed by atoms with van der Waals surface area (Å²) >= 11 is 0. The van der Waals surface area contributed by atoms with Gasteiger partial charge in [-0.15, -0.1) is 24.0 Å². The predicted octanol–water partition coefficient (Wildman–Crippen LogP) is 3.61. The SMILES string of the molecule is CN=C(NCCCNc1ccc(C(F)(F)F)cn1)NCc1ccc2c(c1)OCO2.I. The molecule has 1 aromatic heterocycles. The van der Waals surface area contributed by atoms with Crippen LogP contribution in [-0.4, -0.2) is 37.9 Å². The highest BCUT2D eigenvalue weighted by Gasteiger charge is 2.30. The molecule has 11 heteroatoms. The summed E-state index contributed by atoms with van der Waals surface area (Å²) in [7, 11) is 1.68. The Hall–Kier alpha value is -2.44. The number of halogens is 4. The largest absolute Gasteiger partial charge is 0.454 e. The molecular weight excluding hydrogens is 514 g/mol. The van der Waals surface area contributed by atoms with Crippen molar-refractivity contribution in [2.75, 3.05) is 32.2 Å². The molecule has 0 radical (unpaired) electrons. The average Bonchev–Trinajstić information content (AvgIpc) is 3.17. The van der Waals surface area contributed by atoms with Crippen LogP contribution in [0, 0.1) is 0 Å². The van der Waals surface area contributed by atoms with E-state index in [2.05, 4.69) is 25.9 Å². The number of anilines is 1. The molecule has 0 amide bonds. The summed E-state index contributed by atoms with van der Waals surface area (Å²) < 4.78 is 48.2. The molecule has 0 fully saturated rings. The number of rotatable bonds is 7. The molecule has 2 aromatic rings. The van der Waals surface area contributed by atoms with Crippen molar-refractivity contribution in [1.82, 2.24) is 15.6 Å². The Kier molecular flexibility index (Phi) is 8.81. The average molecular weight is 537 g/mol. The van der Waals surface area contributed by atoms with E-state index in [1.807, 2.05) is 18.2 Å². The normalized spacial score (nSPS) is 12.9. The fraction of sp³-hybridized carbons (Fsp3) is 0.368. The van der Waals surface area contributed by atoms with Crippen LogP contribution in [0.15, 0.2) is 41.5 Å². The molecule has 7 nitrogen and oxygen atoms in total. The summed E-state index contributed by atoms with van der Waals surface area (Å²) in [6.45, 7) is 2.01. The van der Waals surface area contributed by atoms with Crippen molar-refractivity contribution in [2.45, 2.75) is 19.1 Å². The number of ether oxygens (including phenoxy) is 2. The number of alkyl halides is 3. The summed E-state index contributed by atoms with van der Waals surface area (Å²) in [6, 6.07) is 8.08. The van der Waals surface area contributed by atoms with Crippen LogP contribution in [0.2, 0.25) is 0 Å². The van der Waals surface area contributed by atoms with Gasteiger partial charge in [0, 0.05) is 32.9 Å². The van der Waals surface area contributed by atoms with Gasteiger partial charge in [-0.2, -0.15) is 13.2 Å². The van der Waals surface area contributed by atoms with Crippen LogP contribution in [0.5, 0.6) is 11.5 Å².